The summed E-state index contributed by atoms with van der Waals surface area (Å²) in [5.74, 6) is 1.34. The lowest BCUT2D eigenvalue weighted by molar-refractivity contribution is -0.694. The van der Waals surface area contributed by atoms with Crippen molar-refractivity contribution < 1.29 is 18.4 Å². The summed E-state index contributed by atoms with van der Waals surface area (Å²) in [6.45, 7) is 5.15. The van der Waals surface area contributed by atoms with Crippen molar-refractivity contribution in [1.82, 2.24) is 0 Å². The number of nitrogens with zero attached hydrogens (tertiary/aromatic N) is 1. The van der Waals surface area contributed by atoms with Gasteiger partial charge in [-0.2, -0.15) is 4.57 Å². The van der Waals surface area contributed by atoms with Gasteiger partial charge in [0.1, 0.15) is 5.82 Å². The van der Waals surface area contributed by atoms with Crippen LogP contribution in [-0.2, 0) is 19.4 Å². The first-order valence-corrected chi connectivity index (χ1v) is 12.0. The predicted molar refractivity (Wildman–Crippen MR) is 129 cm³/mol. The van der Waals surface area contributed by atoms with Gasteiger partial charge in [0, 0.05) is 18.1 Å². The van der Waals surface area contributed by atoms with E-state index < -0.39 is 0 Å². The van der Waals surface area contributed by atoms with E-state index in [2.05, 4.69) is 42.8 Å². The molecule has 32 heavy (non-hydrogen) atoms. The number of hydrogen-bond acceptors (Lipinski definition) is 2. The lowest BCUT2D eigenvalue weighted by Gasteiger charge is -2.13. The maximum atomic E-state index is 14.0. The van der Waals surface area contributed by atoms with Crippen LogP contribution in [0.4, 0.5) is 4.39 Å². The van der Waals surface area contributed by atoms with E-state index in [0.29, 0.717) is 0 Å². The molecule has 0 N–H and O–H groups in total. The Bertz CT molecular complexity index is 1030. The molecule has 0 aliphatic carbocycles. The molecule has 172 valence electrons. The zero-order valence-corrected chi connectivity index (χ0v) is 20.0. The molecule has 0 aliphatic rings. The lowest BCUT2D eigenvalue weighted by Crippen LogP contribution is -2.39. The third kappa shape index (κ3) is 5.79. The summed E-state index contributed by atoms with van der Waals surface area (Å²) in [7, 11) is 3.35. The van der Waals surface area contributed by atoms with Crippen molar-refractivity contribution in [2.45, 2.75) is 71.8 Å². The number of aryl methyl sites for hydroxylation is 2. The Kier molecular flexibility index (Phi) is 8.90. The Morgan fingerprint density at radius 3 is 2.25 bits per heavy atom. The minimum absolute atomic E-state index is 0.153. The van der Waals surface area contributed by atoms with Gasteiger partial charge in [0.2, 0.25) is 0 Å². The van der Waals surface area contributed by atoms with E-state index in [1.807, 2.05) is 6.07 Å². The van der Waals surface area contributed by atoms with Crippen LogP contribution >= 0.6 is 0 Å². The molecule has 1 aromatic heterocycles. The third-order valence-corrected chi connectivity index (χ3v) is 6.22. The van der Waals surface area contributed by atoms with Crippen molar-refractivity contribution in [2.24, 2.45) is 0 Å². The summed E-state index contributed by atoms with van der Waals surface area (Å²) in [6, 6.07) is 11.5. The fourth-order valence-corrected chi connectivity index (χ4v) is 4.38. The van der Waals surface area contributed by atoms with Gasteiger partial charge in [-0.1, -0.05) is 39.5 Å². The van der Waals surface area contributed by atoms with Crippen molar-refractivity contribution in [3.05, 3.63) is 65.2 Å². The Balaban J connectivity index is 2.05. The van der Waals surface area contributed by atoms with Gasteiger partial charge >= 0.3 is 0 Å². The van der Waals surface area contributed by atoms with Gasteiger partial charge in [0.05, 0.1) is 19.6 Å². The second-order valence-electron chi connectivity index (χ2n) is 8.51. The topological polar surface area (TPSA) is 22.3 Å². The van der Waals surface area contributed by atoms with Crippen molar-refractivity contribution in [2.75, 3.05) is 14.2 Å². The molecule has 0 radical (unpaired) electrons. The fraction of sp³-hybridized carbons (Fsp3) is 0.464. The summed E-state index contributed by atoms with van der Waals surface area (Å²) in [6.07, 6.45) is 11.1. The molecule has 0 fully saturated rings. The van der Waals surface area contributed by atoms with Crippen molar-refractivity contribution in [3.8, 4) is 11.5 Å². The molecule has 0 aliphatic heterocycles. The summed E-state index contributed by atoms with van der Waals surface area (Å²) >= 11 is 0. The smallest absolute Gasteiger partial charge is 0.189 e. The van der Waals surface area contributed by atoms with Gasteiger partial charge in [-0.3, -0.25) is 0 Å². The van der Waals surface area contributed by atoms with E-state index in [4.69, 9.17) is 9.47 Å². The Hall–Kier alpha value is -2.62. The molecule has 1 heterocycles. The number of rotatable bonds is 12. The summed E-state index contributed by atoms with van der Waals surface area (Å²) < 4.78 is 27.4. The van der Waals surface area contributed by atoms with Crippen LogP contribution in [0.15, 0.2) is 42.6 Å². The molecule has 0 bridgehead atoms. The van der Waals surface area contributed by atoms with Gasteiger partial charge < -0.3 is 9.47 Å². The molecule has 0 saturated heterocycles. The largest absolute Gasteiger partial charge is 0.493 e. The molecule has 3 rings (SSSR count). The predicted octanol–water partition coefficient (Wildman–Crippen LogP) is 6.80. The number of ether oxygens (including phenoxy) is 2. The fourth-order valence-electron chi connectivity index (χ4n) is 4.38. The Morgan fingerprint density at radius 2 is 1.53 bits per heavy atom. The van der Waals surface area contributed by atoms with E-state index in [1.165, 1.54) is 35.9 Å². The molecule has 0 spiro atoms. The van der Waals surface area contributed by atoms with Crippen LogP contribution in [0.25, 0.3) is 10.8 Å². The Labute approximate surface area is 192 Å². The van der Waals surface area contributed by atoms with Crippen LogP contribution in [0.2, 0.25) is 0 Å². The first kappa shape index (κ1) is 24.0. The standard InChI is InChI=1S/C28H37FNO2/c1-5-7-9-10-12-26-25-19-28(32-4)27(31-3)18-22(25)15-16-30(26)20-23-13-14-24(29)17-21(23)11-8-6-2/h13-19H,5-12,20H2,1-4H3/q+1. The summed E-state index contributed by atoms with van der Waals surface area (Å²) in [4.78, 5) is 0. The van der Waals surface area contributed by atoms with Crippen LogP contribution in [-0.4, -0.2) is 14.2 Å². The molecule has 0 saturated carbocycles. The van der Waals surface area contributed by atoms with E-state index in [-0.39, 0.29) is 5.82 Å². The minimum Gasteiger partial charge on any atom is -0.493 e. The first-order valence-electron chi connectivity index (χ1n) is 12.0. The van der Waals surface area contributed by atoms with E-state index in [9.17, 15) is 4.39 Å². The van der Waals surface area contributed by atoms with Crippen LogP contribution < -0.4 is 14.0 Å². The number of aromatic nitrogens is 1. The molecule has 3 aromatic rings. The Morgan fingerprint density at radius 1 is 0.781 bits per heavy atom. The number of hydrogen-bond donors (Lipinski definition) is 0. The maximum absolute atomic E-state index is 14.0. The highest BCUT2D eigenvalue weighted by Crippen LogP contribution is 2.33. The number of unbranched alkanes of at least 4 members (excludes halogenated alkanes) is 4. The van der Waals surface area contributed by atoms with E-state index >= 15 is 0 Å². The molecular weight excluding hydrogens is 401 g/mol. The quantitative estimate of drug-likeness (QED) is 0.229. The number of pyridine rings is 1. The maximum Gasteiger partial charge on any atom is 0.189 e. The monoisotopic (exact) mass is 438 g/mol. The number of benzene rings is 2. The molecule has 0 atom stereocenters. The van der Waals surface area contributed by atoms with Crippen molar-refractivity contribution >= 4 is 10.8 Å². The second-order valence-corrected chi connectivity index (χ2v) is 8.51. The van der Waals surface area contributed by atoms with Crippen LogP contribution in [0, 0.1) is 5.82 Å². The highest BCUT2D eigenvalue weighted by atomic mass is 19.1. The van der Waals surface area contributed by atoms with Gasteiger partial charge in [0.25, 0.3) is 0 Å². The van der Waals surface area contributed by atoms with Crippen LogP contribution in [0.3, 0.4) is 0 Å². The highest BCUT2D eigenvalue weighted by molar-refractivity contribution is 5.87. The van der Waals surface area contributed by atoms with Crippen molar-refractivity contribution in [1.29, 1.82) is 0 Å². The van der Waals surface area contributed by atoms with Gasteiger partial charge in [-0.25, -0.2) is 4.39 Å². The van der Waals surface area contributed by atoms with E-state index in [1.54, 1.807) is 26.4 Å². The minimum atomic E-state index is -0.153. The molecule has 2 aromatic carbocycles. The zero-order chi connectivity index (χ0) is 22.9. The molecule has 0 amide bonds. The van der Waals surface area contributed by atoms with Crippen molar-refractivity contribution in [3.63, 3.8) is 0 Å². The molecular formula is C28H37FNO2+. The summed E-state index contributed by atoms with van der Waals surface area (Å²) in [5, 5.41) is 2.34. The lowest BCUT2D eigenvalue weighted by atomic mass is 10.00. The summed E-state index contributed by atoms with van der Waals surface area (Å²) in [5.41, 5.74) is 3.61. The first-order chi connectivity index (χ1) is 15.6. The number of halogens is 1. The molecule has 3 nitrogen and oxygen atoms in total. The molecule has 0 unspecified atom stereocenters. The van der Waals surface area contributed by atoms with Crippen LogP contribution in [0.1, 0.15) is 69.2 Å². The normalized spacial score (nSPS) is 11.2. The zero-order valence-electron chi connectivity index (χ0n) is 20.0. The number of fused-ring (bicyclic) bond motifs is 1. The SMILES string of the molecule is CCCCCCc1c2cc(OC)c(OC)cc2cc[n+]1Cc1ccc(F)cc1CCCC. The number of methoxy groups -OCH3 is 2. The average Bonchev–Trinajstić information content (AvgIpc) is 2.81. The highest BCUT2D eigenvalue weighted by Gasteiger charge is 2.20. The van der Waals surface area contributed by atoms with E-state index in [0.717, 1.165) is 61.1 Å². The average molecular weight is 439 g/mol. The van der Waals surface area contributed by atoms with Crippen LogP contribution in [0.5, 0.6) is 11.5 Å². The van der Waals surface area contributed by atoms with Gasteiger partial charge in [-0.15, -0.1) is 0 Å². The second kappa shape index (κ2) is 11.8. The van der Waals surface area contributed by atoms with Gasteiger partial charge in [-0.05, 0) is 60.5 Å². The molecule has 4 heteroatoms. The van der Waals surface area contributed by atoms with Gasteiger partial charge in [0.15, 0.2) is 29.9 Å². The third-order valence-electron chi connectivity index (χ3n) is 6.22.